The minimum atomic E-state index is 0.275. The van der Waals surface area contributed by atoms with E-state index in [1.54, 1.807) is 0 Å². The maximum Gasteiger partial charge on any atom is 0.0543 e. The summed E-state index contributed by atoms with van der Waals surface area (Å²) >= 11 is 0. The Morgan fingerprint density at radius 3 is 1.79 bits per heavy atom. The highest BCUT2D eigenvalue weighted by atomic mass is 15.0. The van der Waals surface area contributed by atoms with Crippen molar-refractivity contribution in [2.75, 3.05) is 0 Å². The van der Waals surface area contributed by atoms with Gasteiger partial charge in [-0.3, -0.25) is 0 Å². The van der Waals surface area contributed by atoms with Crippen LogP contribution >= 0.6 is 0 Å². The predicted octanol–water partition coefficient (Wildman–Crippen LogP) is 7.96. The Labute approximate surface area is 175 Å². The fraction of sp³-hybridized carbons (Fsp3) is 0.357. The molecule has 1 heteroatoms. The molecule has 0 saturated heterocycles. The quantitative estimate of drug-likeness (QED) is 0.338. The molecule has 3 aromatic carbocycles. The second-order valence-corrected chi connectivity index (χ2v) is 10.8. The second-order valence-electron chi connectivity index (χ2n) is 10.8. The lowest BCUT2D eigenvalue weighted by Crippen LogP contribution is -2.09. The highest BCUT2D eigenvalue weighted by Gasteiger charge is 2.17. The van der Waals surface area contributed by atoms with Crippen molar-refractivity contribution in [3.8, 4) is 5.69 Å². The molecule has 29 heavy (non-hydrogen) atoms. The minimum Gasteiger partial charge on any atom is -0.309 e. The van der Waals surface area contributed by atoms with E-state index in [-0.39, 0.29) is 10.8 Å². The van der Waals surface area contributed by atoms with Gasteiger partial charge in [0.05, 0.1) is 11.0 Å². The predicted molar refractivity (Wildman–Crippen MR) is 127 cm³/mol. The van der Waals surface area contributed by atoms with E-state index in [1.165, 1.54) is 38.6 Å². The van der Waals surface area contributed by atoms with Gasteiger partial charge in [0.1, 0.15) is 0 Å². The van der Waals surface area contributed by atoms with E-state index in [0.717, 1.165) is 12.8 Å². The van der Waals surface area contributed by atoms with Crippen molar-refractivity contribution in [3.63, 3.8) is 0 Å². The topological polar surface area (TPSA) is 4.93 Å². The molecule has 1 aromatic heterocycles. The van der Waals surface area contributed by atoms with Gasteiger partial charge in [0, 0.05) is 16.5 Å². The Balaban J connectivity index is 1.98. The highest BCUT2D eigenvalue weighted by molar-refractivity contribution is 6.09. The van der Waals surface area contributed by atoms with Crippen molar-refractivity contribution < 1.29 is 0 Å². The third kappa shape index (κ3) is 4.24. The van der Waals surface area contributed by atoms with Crippen LogP contribution in [-0.4, -0.2) is 4.57 Å². The van der Waals surface area contributed by atoms with Gasteiger partial charge in [0.2, 0.25) is 0 Å². The van der Waals surface area contributed by atoms with Gasteiger partial charge in [0.25, 0.3) is 0 Å². The molecule has 0 aliphatic rings. The van der Waals surface area contributed by atoms with E-state index in [0.29, 0.717) is 0 Å². The van der Waals surface area contributed by atoms with Crippen LogP contribution in [0.2, 0.25) is 0 Å². The molecule has 0 atom stereocenters. The summed E-state index contributed by atoms with van der Waals surface area (Å²) in [6.45, 7) is 13.9. The van der Waals surface area contributed by atoms with Gasteiger partial charge < -0.3 is 4.57 Å². The summed E-state index contributed by atoms with van der Waals surface area (Å²) in [5.74, 6) is 0. The third-order valence-electron chi connectivity index (χ3n) is 5.38. The fourth-order valence-electron chi connectivity index (χ4n) is 4.41. The van der Waals surface area contributed by atoms with Gasteiger partial charge in [-0.2, -0.15) is 0 Å². The van der Waals surface area contributed by atoms with E-state index in [9.17, 15) is 0 Å². The van der Waals surface area contributed by atoms with Crippen LogP contribution < -0.4 is 0 Å². The summed E-state index contributed by atoms with van der Waals surface area (Å²) in [5, 5.41) is 2.70. The minimum absolute atomic E-state index is 0.275. The lowest BCUT2D eigenvalue weighted by atomic mass is 9.87. The Morgan fingerprint density at radius 2 is 1.17 bits per heavy atom. The molecule has 0 saturated carbocycles. The lowest BCUT2D eigenvalue weighted by Gasteiger charge is -2.18. The average Bonchev–Trinajstić information content (AvgIpc) is 2.92. The first-order valence-electron chi connectivity index (χ1n) is 10.7. The zero-order chi connectivity index (χ0) is 20.8. The van der Waals surface area contributed by atoms with E-state index in [2.05, 4.69) is 113 Å². The molecule has 0 aliphatic heterocycles. The molecule has 4 rings (SSSR count). The zero-order valence-electron chi connectivity index (χ0n) is 18.7. The number of nitrogens with zero attached hydrogens (tertiary/aromatic N) is 1. The fourth-order valence-corrected chi connectivity index (χ4v) is 4.41. The van der Waals surface area contributed by atoms with Crippen molar-refractivity contribution in [2.45, 2.75) is 54.4 Å². The summed E-state index contributed by atoms with van der Waals surface area (Å²) in [7, 11) is 0. The Kier molecular flexibility index (Phi) is 4.81. The van der Waals surface area contributed by atoms with Crippen LogP contribution in [-0.2, 0) is 12.8 Å². The number of fused-ring (bicyclic) bond motifs is 3. The lowest BCUT2D eigenvalue weighted by molar-refractivity contribution is 0.411. The summed E-state index contributed by atoms with van der Waals surface area (Å²) < 4.78 is 2.43. The van der Waals surface area contributed by atoms with Crippen molar-refractivity contribution in [1.82, 2.24) is 4.57 Å². The molecular formula is C28H33N. The molecule has 0 aliphatic carbocycles. The van der Waals surface area contributed by atoms with Crippen LogP contribution in [0.4, 0.5) is 0 Å². The number of aromatic nitrogens is 1. The number of hydrogen-bond acceptors (Lipinski definition) is 0. The van der Waals surface area contributed by atoms with E-state index >= 15 is 0 Å². The Morgan fingerprint density at radius 1 is 0.586 bits per heavy atom. The molecular weight excluding hydrogens is 350 g/mol. The molecule has 0 unspecified atom stereocenters. The molecule has 0 bridgehead atoms. The Bertz CT molecular complexity index is 1150. The highest BCUT2D eigenvalue weighted by Crippen LogP contribution is 2.35. The molecule has 1 heterocycles. The van der Waals surface area contributed by atoms with Crippen LogP contribution in [0.5, 0.6) is 0 Å². The molecule has 4 aromatic rings. The van der Waals surface area contributed by atoms with Gasteiger partial charge in [-0.15, -0.1) is 0 Å². The van der Waals surface area contributed by atoms with Gasteiger partial charge in [-0.1, -0.05) is 77.9 Å². The van der Waals surface area contributed by atoms with Gasteiger partial charge >= 0.3 is 0 Å². The second kappa shape index (κ2) is 7.06. The summed E-state index contributed by atoms with van der Waals surface area (Å²) in [5.41, 5.74) is 7.19. The number of rotatable bonds is 3. The standard InChI is InChI=1S/C28H33N/c1-27(2,3)18-20-13-15-25-24(16-20)23-14-12-21(19-28(4,5)6)17-26(23)29(25)22-10-8-7-9-11-22/h7-17H,18-19H2,1-6H3. The first-order chi connectivity index (χ1) is 13.6. The van der Waals surface area contributed by atoms with Crippen LogP contribution in [0.25, 0.3) is 27.5 Å². The van der Waals surface area contributed by atoms with E-state index in [4.69, 9.17) is 0 Å². The van der Waals surface area contributed by atoms with Gasteiger partial charge in [0.15, 0.2) is 0 Å². The van der Waals surface area contributed by atoms with Crippen LogP contribution in [0.3, 0.4) is 0 Å². The van der Waals surface area contributed by atoms with Crippen molar-refractivity contribution in [2.24, 2.45) is 10.8 Å². The first-order valence-corrected chi connectivity index (χ1v) is 10.7. The third-order valence-corrected chi connectivity index (χ3v) is 5.38. The molecule has 0 spiro atoms. The molecule has 0 N–H and O–H groups in total. The summed E-state index contributed by atoms with van der Waals surface area (Å²) in [6, 6.07) is 24.8. The summed E-state index contributed by atoms with van der Waals surface area (Å²) in [4.78, 5) is 0. The SMILES string of the molecule is CC(C)(C)Cc1ccc2c(c1)c1ccc(CC(C)(C)C)cc1n2-c1ccccc1. The number of benzene rings is 3. The van der Waals surface area contributed by atoms with Crippen LogP contribution in [0.1, 0.15) is 52.7 Å². The summed E-state index contributed by atoms with van der Waals surface area (Å²) in [6.07, 6.45) is 2.16. The van der Waals surface area contributed by atoms with Crippen molar-refractivity contribution >= 4 is 21.8 Å². The average molecular weight is 384 g/mol. The number of para-hydroxylation sites is 1. The van der Waals surface area contributed by atoms with Crippen LogP contribution in [0, 0.1) is 10.8 Å². The monoisotopic (exact) mass is 383 g/mol. The molecule has 0 amide bonds. The number of hydrogen-bond donors (Lipinski definition) is 0. The maximum atomic E-state index is 2.43. The largest absolute Gasteiger partial charge is 0.309 e. The molecule has 150 valence electrons. The normalized spacial score (nSPS) is 12.8. The Hall–Kier alpha value is -2.54. The van der Waals surface area contributed by atoms with Gasteiger partial charge in [-0.25, -0.2) is 0 Å². The van der Waals surface area contributed by atoms with Gasteiger partial charge in [-0.05, 0) is 65.1 Å². The maximum absolute atomic E-state index is 2.43. The zero-order valence-corrected chi connectivity index (χ0v) is 18.7. The van der Waals surface area contributed by atoms with E-state index < -0.39 is 0 Å². The van der Waals surface area contributed by atoms with E-state index in [1.807, 2.05) is 0 Å². The molecule has 0 fully saturated rings. The molecule has 0 radical (unpaired) electrons. The van der Waals surface area contributed by atoms with Crippen molar-refractivity contribution in [1.29, 1.82) is 0 Å². The smallest absolute Gasteiger partial charge is 0.0543 e. The van der Waals surface area contributed by atoms with Crippen LogP contribution in [0.15, 0.2) is 66.7 Å². The molecule has 1 nitrogen and oxygen atoms in total. The van der Waals surface area contributed by atoms with Crippen molar-refractivity contribution in [3.05, 3.63) is 77.9 Å². The first kappa shape index (κ1) is 19.8.